The van der Waals surface area contributed by atoms with Gasteiger partial charge >= 0.3 is 0 Å². The number of aromatic nitrogens is 2. The molecule has 4 nitrogen and oxygen atoms in total. The van der Waals surface area contributed by atoms with E-state index in [0.29, 0.717) is 12.1 Å². The van der Waals surface area contributed by atoms with Crippen LogP contribution in [0.3, 0.4) is 0 Å². The molecule has 1 atom stereocenters. The van der Waals surface area contributed by atoms with Gasteiger partial charge in [-0.05, 0) is 57.0 Å². The lowest BCUT2D eigenvalue weighted by Crippen LogP contribution is -2.26. The van der Waals surface area contributed by atoms with E-state index in [9.17, 15) is 4.79 Å². The van der Waals surface area contributed by atoms with E-state index in [1.54, 1.807) is 0 Å². The highest BCUT2D eigenvalue weighted by Gasteiger charge is 2.11. The molecule has 0 saturated carbocycles. The van der Waals surface area contributed by atoms with Crippen molar-refractivity contribution in [2.75, 3.05) is 0 Å². The molecule has 1 amide bonds. The van der Waals surface area contributed by atoms with Crippen LogP contribution < -0.4 is 5.32 Å². The maximum absolute atomic E-state index is 12.5. The average molecular weight is 347 g/mol. The summed E-state index contributed by atoms with van der Waals surface area (Å²) in [7, 11) is 0. The summed E-state index contributed by atoms with van der Waals surface area (Å²) in [6.07, 6.45) is 0. The van der Waals surface area contributed by atoms with Gasteiger partial charge in [-0.15, -0.1) is 0 Å². The van der Waals surface area contributed by atoms with Crippen molar-refractivity contribution in [2.24, 2.45) is 0 Å². The maximum atomic E-state index is 12.5. The highest BCUT2D eigenvalue weighted by Crippen LogP contribution is 2.15. The number of carbonyl (C=O) groups is 1. The van der Waals surface area contributed by atoms with E-state index >= 15 is 0 Å². The topological polar surface area (TPSA) is 46.9 Å². The van der Waals surface area contributed by atoms with Crippen molar-refractivity contribution in [3.05, 3.63) is 88.2 Å². The lowest BCUT2D eigenvalue weighted by atomic mass is 10.1. The first-order chi connectivity index (χ1) is 12.4. The number of nitrogens with zero attached hydrogens (tertiary/aromatic N) is 2. The van der Waals surface area contributed by atoms with Crippen molar-refractivity contribution in [3.63, 3.8) is 0 Å². The van der Waals surface area contributed by atoms with Crippen molar-refractivity contribution in [1.29, 1.82) is 0 Å². The summed E-state index contributed by atoms with van der Waals surface area (Å²) in [5.74, 6) is -0.0595. The van der Waals surface area contributed by atoms with Crippen molar-refractivity contribution >= 4 is 5.91 Å². The molecule has 2 aromatic carbocycles. The van der Waals surface area contributed by atoms with E-state index in [1.165, 1.54) is 5.56 Å². The zero-order chi connectivity index (χ0) is 18.7. The Hall–Kier alpha value is -2.88. The van der Waals surface area contributed by atoms with E-state index in [1.807, 2.05) is 49.7 Å². The molecular formula is C22H25N3O. The van der Waals surface area contributed by atoms with Crippen LogP contribution in [-0.4, -0.2) is 15.7 Å². The number of carbonyl (C=O) groups excluding carboxylic acids is 1. The van der Waals surface area contributed by atoms with Crippen LogP contribution in [0.4, 0.5) is 0 Å². The number of benzene rings is 2. The molecule has 4 heteroatoms. The summed E-state index contributed by atoms with van der Waals surface area (Å²) >= 11 is 0. The fraction of sp³-hybridized carbons (Fsp3) is 0.273. The molecule has 0 unspecified atom stereocenters. The molecular weight excluding hydrogens is 322 g/mol. The molecule has 3 rings (SSSR count). The minimum absolute atomic E-state index is 0.0301. The third-order valence-electron chi connectivity index (χ3n) is 4.58. The van der Waals surface area contributed by atoms with Gasteiger partial charge in [-0.3, -0.25) is 9.48 Å². The minimum atomic E-state index is -0.0595. The molecule has 0 aliphatic rings. The Balaban J connectivity index is 1.65. The quantitative estimate of drug-likeness (QED) is 0.746. The summed E-state index contributed by atoms with van der Waals surface area (Å²) in [5.41, 5.74) is 6.26. The first-order valence-corrected chi connectivity index (χ1v) is 8.90. The van der Waals surface area contributed by atoms with E-state index in [-0.39, 0.29) is 11.9 Å². The van der Waals surface area contributed by atoms with Crippen LogP contribution in [0.2, 0.25) is 0 Å². The predicted molar refractivity (Wildman–Crippen MR) is 104 cm³/mol. The van der Waals surface area contributed by atoms with Gasteiger partial charge in [0.15, 0.2) is 0 Å². The molecule has 0 aliphatic carbocycles. The van der Waals surface area contributed by atoms with Crippen molar-refractivity contribution in [2.45, 2.75) is 40.3 Å². The summed E-state index contributed by atoms with van der Waals surface area (Å²) in [6.45, 7) is 8.81. The third kappa shape index (κ3) is 4.20. The summed E-state index contributed by atoms with van der Waals surface area (Å²) in [4.78, 5) is 12.5. The molecule has 0 fully saturated rings. The standard InChI is InChI=1S/C22H25N3O/c1-15-5-9-20(10-6-15)18(4)23-22(26)21-11-7-19(8-12-21)14-25-17(3)13-16(2)24-25/h5-13,18H,14H2,1-4H3,(H,23,26)/t18-/m1/s1. The van der Waals surface area contributed by atoms with E-state index in [2.05, 4.69) is 47.7 Å². The van der Waals surface area contributed by atoms with Gasteiger partial charge in [0.2, 0.25) is 0 Å². The van der Waals surface area contributed by atoms with Crippen LogP contribution >= 0.6 is 0 Å². The van der Waals surface area contributed by atoms with Crippen LogP contribution in [0, 0.1) is 20.8 Å². The third-order valence-corrected chi connectivity index (χ3v) is 4.58. The van der Waals surface area contributed by atoms with Gasteiger partial charge < -0.3 is 5.32 Å². The van der Waals surface area contributed by atoms with Crippen molar-refractivity contribution in [3.8, 4) is 0 Å². The van der Waals surface area contributed by atoms with Gasteiger partial charge in [-0.25, -0.2) is 0 Å². The van der Waals surface area contributed by atoms with Gasteiger partial charge in [0.05, 0.1) is 18.3 Å². The van der Waals surface area contributed by atoms with Gasteiger partial charge in [0.25, 0.3) is 5.91 Å². The normalized spacial score (nSPS) is 12.0. The molecule has 26 heavy (non-hydrogen) atoms. The second-order valence-corrected chi connectivity index (χ2v) is 6.89. The number of amides is 1. The van der Waals surface area contributed by atoms with Crippen LogP contribution in [0.5, 0.6) is 0 Å². The Morgan fingerprint density at radius 2 is 1.69 bits per heavy atom. The number of rotatable bonds is 5. The van der Waals surface area contributed by atoms with E-state index in [4.69, 9.17) is 0 Å². The molecule has 134 valence electrons. The summed E-state index contributed by atoms with van der Waals surface area (Å²) in [5, 5.41) is 7.54. The smallest absolute Gasteiger partial charge is 0.251 e. The molecule has 0 aliphatic heterocycles. The molecule has 0 spiro atoms. The van der Waals surface area contributed by atoms with Gasteiger partial charge in [-0.1, -0.05) is 42.0 Å². The van der Waals surface area contributed by atoms with Crippen LogP contribution in [0.1, 0.15) is 51.4 Å². The monoisotopic (exact) mass is 347 g/mol. The SMILES string of the molecule is Cc1ccc([C@@H](C)NC(=O)c2ccc(Cn3nc(C)cc3C)cc2)cc1. The van der Waals surface area contributed by atoms with Crippen LogP contribution in [0.25, 0.3) is 0 Å². The van der Waals surface area contributed by atoms with Gasteiger partial charge in [0, 0.05) is 11.3 Å². The lowest BCUT2D eigenvalue weighted by Gasteiger charge is -2.15. The number of aryl methyl sites for hydroxylation is 3. The Kier molecular flexibility index (Phi) is 5.21. The van der Waals surface area contributed by atoms with E-state index < -0.39 is 0 Å². The zero-order valence-electron chi connectivity index (χ0n) is 15.8. The predicted octanol–water partition coefficient (Wildman–Crippen LogP) is 4.35. The summed E-state index contributed by atoms with van der Waals surface area (Å²) < 4.78 is 1.98. The molecule has 0 bridgehead atoms. The fourth-order valence-corrected chi connectivity index (χ4v) is 2.99. The zero-order valence-corrected chi connectivity index (χ0v) is 15.8. The molecule has 0 radical (unpaired) electrons. The van der Waals surface area contributed by atoms with Crippen molar-refractivity contribution < 1.29 is 4.79 Å². The Morgan fingerprint density at radius 1 is 1.04 bits per heavy atom. The first kappa shape index (κ1) is 17.9. The Bertz CT molecular complexity index is 892. The summed E-state index contributed by atoms with van der Waals surface area (Å²) in [6, 6.07) is 18.0. The molecule has 3 aromatic rings. The molecule has 1 heterocycles. The second-order valence-electron chi connectivity index (χ2n) is 6.89. The molecule has 1 aromatic heterocycles. The number of hydrogen-bond donors (Lipinski definition) is 1. The number of hydrogen-bond acceptors (Lipinski definition) is 2. The van der Waals surface area contributed by atoms with Gasteiger partial charge in [0.1, 0.15) is 0 Å². The molecule has 0 saturated heterocycles. The highest BCUT2D eigenvalue weighted by atomic mass is 16.1. The molecule has 1 N–H and O–H groups in total. The second kappa shape index (κ2) is 7.56. The number of nitrogens with one attached hydrogen (secondary N) is 1. The van der Waals surface area contributed by atoms with Crippen LogP contribution in [-0.2, 0) is 6.54 Å². The van der Waals surface area contributed by atoms with E-state index in [0.717, 1.165) is 22.5 Å². The Morgan fingerprint density at radius 3 is 2.27 bits per heavy atom. The fourth-order valence-electron chi connectivity index (χ4n) is 2.99. The maximum Gasteiger partial charge on any atom is 0.251 e. The van der Waals surface area contributed by atoms with Crippen molar-refractivity contribution in [1.82, 2.24) is 15.1 Å². The minimum Gasteiger partial charge on any atom is -0.346 e. The average Bonchev–Trinajstić information content (AvgIpc) is 2.93. The van der Waals surface area contributed by atoms with Crippen LogP contribution in [0.15, 0.2) is 54.6 Å². The first-order valence-electron chi connectivity index (χ1n) is 8.90. The van der Waals surface area contributed by atoms with Gasteiger partial charge in [-0.2, -0.15) is 5.10 Å². The Labute approximate surface area is 154 Å². The highest BCUT2D eigenvalue weighted by molar-refractivity contribution is 5.94. The lowest BCUT2D eigenvalue weighted by molar-refractivity contribution is 0.0940. The largest absolute Gasteiger partial charge is 0.346 e.